The molecule has 0 spiro atoms. The molecule has 1 rings (SSSR count). The molecule has 1 aliphatic heterocycles. The quantitative estimate of drug-likeness (QED) is 0.489. The van der Waals surface area contributed by atoms with Crippen LogP contribution in [0, 0.1) is 0 Å². The van der Waals surface area contributed by atoms with E-state index in [4.69, 9.17) is 0 Å². The number of alkyl halides is 4. The zero-order valence-electron chi connectivity index (χ0n) is 9.30. The van der Waals surface area contributed by atoms with E-state index in [9.17, 15) is 13.6 Å². The summed E-state index contributed by atoms with van der Waals surface area (Å²) in [4.78, 5) is 17.1. The number of hydrogen-bond donors (Lipinski definition) is 0. The molecule has 16 heavy (non-hydrogen) atoms. The van der Waals surface area contributed by atoms with Crippen molar-refractivity contribution in [1.82, 2.24) is 0 Å². The van der Waals surface area contributed by atoms with Crippen molar-refractivity contribution < 1.29 is 34.8 Å². The number of aliphatic imine (C=N–C) groups is 1. The van der Waals surface area contributed by atoms with Gasteiger partial charge in [0.25, 0.3) is 0 Å². The van der Waals surface area contributed by atoms with Gasteiger partial charge in [-0.3, -0.25) is 0 Å². The Bertz CT molecular complexity index is 387. The van der Waals surface area contributed by atoms with Crippen molar-refractivity contribution in [3.63, 3.8) is 0 Å². The first-order chi connectivity index (χ1) is 7.39. The third kappa shape index (κ3) is 2.96. The van der Waals surface area contributed by atoms with Crippen molar-refractivity contribution in [2.24, 2.45) is 4.99 Å². The Kier molecular flexibility index (Phi) is 4.35. The Morgan fingerprint density at radius 2 is 2.19 bits per heavy atom. The minimum absolute atomic E-state index is 0.0208. The minimum atomic E-state index is -2.71. The van der Waals surface area contributed by atoms with E-state index in [1.165, 1.54) is 19.2 Å². The number of ketones is 1. The van der Waals surface area contributed by atoms with Crippen molar-refractivity contribution in [2.45, 2.75) is 23.7 Å². The van der Waals surface area contributed by atoms with E-state index in [1.54, 1.807) is 6.08 Å². The molecule has 0 saturated carbocycles. The number of hydrogen-bond acceptors (Lipinski definition) is 2. The maximum atomic E-state index is 12.7. The summed E-state index contributed by atoms with van der Waals surface area (Å²) < 4.78 is 25.2. The fourth-order valence-corrected chi connectivity index (χ4v) is 2.18. The number of carbonyl (C=O) groups excluding carboxylic acids is 1. The number of allylic oxidation sites excluding steroid dienone is 4. The second-order valence-corrected chi connectivity index (χ2v) is 6.99. The van der Waals surface area contributed by atoms with Crippen molar-refractivity contribution in [2.75, 3.05) is 4.93 Å². The van der Waals surface area contributed by atoms with Gasteiger partial charge in [-0.1, -0.05) is 0 Å². The molecule has 0 aromatic carbocycles. The SMILES string of the molecule is C[I-][C@]1(C)C=CC(C(C)=O)=C(C(F)F)N=C1. The Morgan fingerprint density at radius 1 is 1.56 bits per heavy atom. The van der Waals surface area contributed by atoms with Gasteiger partial charge >= 0.3 is 104 Å². The molecule has 0 N–H and O–H groups in total. The van der Waals surface area contributed by atoms with E-state index in [-0.39, 0.29) is 36.0 Å². The van der Waals surface area contributed by atoms with Crippen LogP contribution >= 0.6 is 0 Å². The molecule has 2 nitrogen and oxygen atoms in total. The Labute approximate surface area is 104 Å². The fourth-order valence-electron chi connectivity index (χ4n) is 1.22. The topological polar surface area (TPSA) is 29.4 Å². The van der Waals surface area contributed by atoms with Crippen molar-refractivity contribution in [3.05, 3.63) is 23.4 Å². The number of Topliss-reactive ketones (excluding diaryl/α,β-unsaturated/α-hetero) is 1. The summed E-state index contributed by atoms with van der Waals surface area (Å²) in [6, 6.07) is 0. The first-order valence-electron chi connectivity index (χ1n) is 4.68. The first kappa shape index (κ1) is 13.5. The van der Waals surface area contributed by atoms with Crippen molar-refractivity contribution >= 4 is 12.0 Å². The van der Waals surface area contributed by atoms with Crippen LogP contribution in [0.1, 0.15) is 13.8 Å². The monoisotopic (exact) mass is 340 g/mol. The van der Waals surface area contributed by atoms with Crippen LogP contribution < -0.4 is 21.2 Å². The van der Waals surface area contributed by atoms with Gasteiger partial charge in [0.15, 0.2) is 0 Å². The third-order valence-corrected chi connectivity index (χ3v) is 5.26. The zero-order valence-corrected chi connectivity index (χ0v) is 11.5. The molecule has 0 bridgehead atoms. The van der Waals surface area contributed by atoms with Gasteiger partial charge in [0, 0.05) is 0 Å². The summed E-state index contributed by atoms with van der Waals surface area (Å²) in [5.74, 6) is -0.373. The predicted molar refractivity (Wildman–Crippen MR) is 55.7 cm³/mol. The third-order valence-electron chi connectivity index (χ3n) is 2.30. The average molecular weight is 340 g/mol. The van der Waals surface area contributed by atoms with Crippen LogP contribution in [0.15, 0.2) is 28.4 Å². The van der Waals surface area contributed by atoms with E-state index >= 15 is 0 Å². The van der Waals surface area contributed by atoms with Crippen LogP contribution in [0.5, 0.6) is 0 Å². The van der Waals surface area contributed by atoms with Gasteiger partial charge in [0.1, 0.15) is 0 Å². The molecule has 5 heteroatoms. The molecule has 0 aromatic heterocycles. The number of carbonyl (C=O) groups is 1. The Hall–Kier alpha value is -0.590. The molecule has 0 fully saturated rings. The first-order valence-corrected chi connectivity index (χ1v) is 7.91. The molecule has 0 unspecified atom stereocenters. The summed E-state index contributed by atoms with van der Waals surface area (Å²) in [5.41, 5.74) is -0.391. The molecular weight excluding hydrogens is 327 g/mol. The van der Waals surface area contributed by atoms with Crippen LogP contribution in [-0.4, -0.2) is 26.8 Å². The molecule has 90 valence electrons. The van der Waals surface area contributed by atoms with Gasteiger partial charge in [-0.05, 0) is 0 Å². The summed E-state index contributed by atoms with van der Waals surface area (Å²) in [6.07, 6.45) is 2.11. The number of nitrogens with zero attached hydrogens (tertiary/aromatic N) is 1. The Morgan fingerprint density at radius 3 is 2.62 bits per heavy atom. The van der Waals surface area contributed by atoms with Crippen LogP contribution in [0.4, 0.5) is 8.78 Å². The standard InChI is InChI=1S/C11H13F2INO/c1-7(16)8-4-5-11(2,14-3)6-15-9(8)10(12)13/h4-6,10H,1-3H3/q-1/t11-/m1/s1. The van der Waals surface area contributed by atoms with Crippen LogP contribution in [0.25, 0.3) is 0 Å². The summed E-state index contributed by atoms with van der Waals surface area (Å²) in [5, 5.41) is 0. The van der Waals surface area contributed by atoms with Crippen LogP contribution in [0.3, 0.4) is 0 Å². The molecule has 1 atom stereocenters. The van der Waals surface area contributed by atoms with Gasteiger partial charge < -0.3 is 0 Å². The molecular formula is C11H13F2INO-. The predicted octanol–water partition coefficient (Wildman–Crippen LogP) is -0.787. The van der Waals surface area contributed by atoms with Gasteiger partial charge in [-0.25, -0.2) is 0 Å². The zero-order chi connectivity index (χ0) is 12.3. The van der Waals surface area contributed by atoms with Crippen molar-refractivity contribution in [1.29, 1.82) is 0 Å². The second-order valence-electron chi connectivity index (χ2n) is 3.59. The Balaban J connectivity index is 3.23. The van der Waals surface area contributed by atoms with Gasteiger partial charge in [-0.2, -0.15) is 0 Å². The normalized spacial score (nSPS) is 25.4. The maximum absolute atomic E-state index is 12.7. The van der Waals surface area contributed by atoms with Gasteiger partial charge in [0.2, 0.25) is 0 Å². The molecule has 0 aliphatic carbocycles. The molecule has 1 heterocycles. The van der Waals surface area contributed by atoms with Crippen LogP contribution in [0.2, 0.25) is 0 Å². The second kappa shape index (κ2) is 5.16. The van der Waals surface area contributed by atoms with E-state index in [1.807, 2.05) is 6.92 Å². The summed E-state index contributed by atoms with van der Waals surface area (Å²) in [7, 11) is 0. The van der Waals surface area contributed by atoms with Crippen LogP contribution in [-0.2, 0) is 4.79 Å². The number of halogens is 3. The van der Waals surface area contributed by atoms with Gasteiger partial charge in [-0.15, -0.1) is 0 Å². The average Bonchev–Trinajstić information content (AvgIpc) is 2.38. The van der Waals surface area contributed by atoms with E-state index in [2.05, 4.69) is 9.92 Å². The molecule has 0 amide bonds. The van der Waals surface area contributed by atoms with Gasteiger partial charge in [0.05, 0.1) is 0 Å². The molecule has 0 aromatic rings. The fraction of sp³-hybridized carbons (Fsp3) is 0.455. The molecule has 0 saturated heterocycles. The van der Waals surface area contributed by atoms with E-state index < -0.39 is 12.1 Å². The molecule has 0 radical (unpaired) electrons. The number of rotatable bonds is 3. The van der Waals surface area contributed by atoms with E-state index in [0.29, 0.717) is 0 Å². The summed E-state index contributed by atoms with van der Waals surface area (Å²) in [6.45, 7) is 3.22. The van der Waals surface area contributed by atoms with E-state index in [0.717, 1.165) is 0 Å². The molecule has 1 aliphatic rings. The summed E-state index contributed by atoms with van der Waals surface area (Å²) >= 11 is -0.212. The van der Waals surface area contributed by atoms with Crippen molar-refractivity contribution in [3.8, 4) is 0 Å².